The number of pyridine rings is 1. The Morgan fingerprint density at radius 3 is 2.76 bits per heavy atom. The highest BCUT2D eigenvalue weighted by Crippen LogP contribution is 2.30. The molecule has 144 valence electrons. The summed E-state index contributed by atoms with van der Waals surface area (Å²) >= 11 is 6.27. The number of halogens is 1. The summed E-state index contributed by atoms with van der Waals surface area (Å²) in [4.78, 5) is 32.8. The van der Waals surface area contributed by atoms with E-state index in [2.05, 4.69) is 26.3 Å². The Balaban J connectivity index is 1.51. The number of rotatable bonds is 5. The van der Waals surface area contributed by atoms with E-state index in [9.17, 15) is 9.59 Å². The molecule has 7 heteroatoms. The molecule has 1 aromatic heterocycles. The first-order valence-corrected chi connectivity index (χ1v) is 9.51. The minimum Gasteiger partial charge on any atom is -0.321 e. The number of carbonyl (C=O) groups is 2. The van der Waals surface area contributed by atoms with Crippen LogP contribution in [-0.4, -0.2) is 23.0 Å². The number of nitrogens with one attached hydrogen (secondary N) is 2. The lowest BCUT2D eigenvalue weighted by Crippen LogP contribution is -2.24. The van der Waals surface area contributed by atoms with Crippen molar-refractivity contribution in [2.75, 3.05) is 5.32 Å². The molecule has 6 nitrogen and oxygen atoms in total. The lowest BCUT2D eigenvalue weighted by atomic mass is 10.1. The summed E-state index contributed by atoms with van der Waals surface area (Å²) in [5.41, 5.74) is 5.41. The van der Waals surface area contributed by atoms with Crippen LogP contribution < -0.4 is 10.6 Å². The normalized spacial score (nSPS) is 15.2. The molecule has 29 heavy (non-hydrogen) atoms. The third kappa shape index (κ3) is 4.69. The zero-order chi connectivity index (χ0) is 20.2. The van der Waals surface area contributed by atoms with Crippen molar-refractivity contribution < 1.29 is 9.59 Å². The zero-order valence-electron chi connectivity index (χ0n) is 15.4. The van der Waals surface area contributed by atoms with Gasteiger partial charge < -0.3 is 10.6 Å². The van der Waals surface area contributed by atoms with Gasteiger partial charge in [-0.25, -0.2) is 4.98 Å². The molecule has 0 saturated heterocycles. The third-order valence-corrected chi connectivity index (χ3v) is 4.78. The van der Waals surface area contributed by atoms with Crippen LogP contribution in [0.4, 0.5) is 5.82 Å². The molecule has 0 spiro atoms. The maximum atomic E-state index is 12.7. The molecule has 2 amide bonds. The number of allylic oxidation sites excluding steroid dienone is 3. The molecule has 0 radical (unpaired) electrons. The van der Waals surface area contributed by atoms with Crippen LogP contribution in [-0.2, 0) is 4.79 Å². The number of aliphatic imine (C=N–C) groups is 1. The molecule has 0 unspecified atom stereocenters. The summed E-state index contributed by atoms with van der Waals surface area (Å²) in [6.45, 7) is 0. The van der Waals surface area contributed by atoms with Crippen molar-refractivity contribution in [1.29, 1.82) is 0 Å². The van der Waals surface area contributed by atoms with E-state index in [-0.39, 0.29) is 17.7 Å². The second-order valence-electron chi connectivity index (χ2n) is 6.69. The van der Waals surface area contributed by atoms with Gasteiger partial charge in [-0.2, -0.15) is 0 Å². The van der Waals surface area contributed by atoms with Gasteiger partial charge in [0.2, 0.25) is 5.91 Å². The maximum absolute atomic E-state index is 12.7. The molecule has 0 bridgehead atoms. The molecule has 1 aliphatic heterocycles. The highest BCUT2D eigenvalue weighted by Gasteiger charge is 2.29. The minimum absolute atomic E-state index is 0.0594. The van der Waals surface area contributed by atoms with Gasteiger partial charge in [-0.15, -0.1) is 0 Å². The standard InChI is InChI=1S/C22H17ClN4O2/c23-19-4-2-1-3-18(19)15-7-9-24-13-17(11-15)26-22(29)16-8-10-25-20(12-16)27-21(28)14-5-6-14/h1-4,8-14H,5-6H2,(H,26,29)(H,25,27,28). The summed E-state index contributed by atoms with van der Waals surface area (Å²) in [5.74, 6) is 0.0160. The Morgan fingerprint density at radius 2 is 1.97 bits per heavy atom. The van der Waals surface area contributed by atoms with Crippen LogP contribution in [0.25, 0.3) is 5.57 Å². The number of hydrogen-bond donors (Lipinski definition) is 2. The Hall–Kier alpha value is -3.47. The van der Waals surface area contributed by atoms with E-state index in [1.165, 1.54) is 18.6 Å². The van der Waals surface area contributed by atoms with E-state index in [0.29, 0.717) is 27.7 Å². The minimum atomic E-state index is -0.340. The second-order valence-corrected chi connectivity index (χ2v) is 7.10. The average Bonchev–Trinajstić information content (AvgIpc) is 3.56. The third-order valence-electron chi connectivity index (χ3n) is 4.45. The summed E-state index contributed by atoms with van der Waals surface area (Å²) < 4.78 is 0. The predicted molar refractivity (Wildman–Crippen MR) is 113 cm³/mol. The van der Waals surface area contributed by atoms with Crippen LogP contribution >= 0.6 is 11.6 Å². The quantitative estimate of drug-likeness (QED) is 0.739. The number of hydrogen-bond acceptors (Lipinski definition) is 4. The van der Waals surface area contributed by atoms with E-state index in [4.69, 9.17) is 11.6 Å². The van der Waals surface area contributed by atoms with E-state index in [0.717, 1.165) is 18.4 Å². The van der Waals surface area contributed by atoms with Gasteiger partial charge in [-0.3, -0.25) is 14.6 Å². The van der Waals surface area contributed by atoms with E-state index in [1.54, 1.807) is 24.3 Å². The molecule has 2 heterocycles. The van der Waals surface area contributed by atoms with Gasteiger partial charge in [-0.1, -0.05) is 35.5 Å². The van der Waals surface area contributed by atoms with Crippen LogP contribution in [0.5, 0.6) is 0 Å². The smallest absolute Gasteiger partial charge is 0.255 e. The van der Waals surface area contributed by atoms with E-state index < -0.39 is 0 Å². The summed E-state index contributed by atoms with van der Waals surface area (Å²) in [6, 6.07) is 10.5. The summed E-state index contributed by atoms with van der Waals surface area (Å²) in [7, 11) is 0. The monoisotopic (exact) mass is 404 g/mol. The number of benzene rings is 1. The number of nitrogens with zero attached hydrogens (tertiary/aromatic N) is 2. The van der Waals surface area contributed by atoms with Crippen molar-refractivity contribution >= 4 is 41.0 Å². The fourth-order valence-corrected chi connectivity index (χ4v) is 3.02. The molecule has 2 aliphatic rings. The van der Waals surface area contributed by atoms with Gasteiger partial charge >= 0.3 is 0 Å². The first-order chi connectivity index (χ1) is 14.1. The summed E-state index contributed by atoms with van der Waals surface area (Å²) in [6.07, 6.45) is 8.09. The van der Waals surface area contributed by atoms with Crippen LogP contribution in [0.15, 0.2) is 71.3 Å². The van der Waals surface area contributed by atoms with Gasteiger partial charge in [0.05, 0.1) is 18.1 Å². The van der Waals surface area contributed by atoms with Crippen molar-refractivity contribution in [3.05, 3.63) is 82.4 Å². The number of amides is 2. The lowest BCUT2D eigenvalue weighted by molar-refractivity contribution is -0.117. The lowest BCUT2D eigenvalue weighted by Gasteiger charge is -2.09. The van der Waals surface area contributed by atoms with Crippen LogP contribution in [0.3, 0.4) is 0 Å². The van der Waals surface area contributed by atoms with Gasteiger partial charge in [0.1, 0.15) is 5.82 Å². The Morgan fingerprint density at radius 1 is 1.14 bits per heavy atom. The van der Waals surface area contributed by atoms with Crippen molar-refractivity contribution in [3.8, 4) is 0 Å². The fraction of sp³-hybridized carbons (Fsp3) is 0.136. The average molecular weight is 405 g/mol. The topological polar surface area (TPSA) is 83.4 Å². The molecule has 1 saturated carbocycles. The molecule has 1 fully saturated rings. The molecule has 2 aromatic rings. The van der Waals surface area contributed by atoms with Crippen LogP contribution in [0, 0.1) is 5.92 Å². The van der Waals surface area contributed by atoms with Crippen molar-refractivity contribution in [1.82, 2.24) is 10.3 Å². The van der Waals surface area contributed by atoms with E-state index in [1.807, 2.05) is 18.2 Å². The molecular weight excluding hydrogens is 388 g/mol. The Labute approximate surface area is 172 Å². The highest BCUT2D eigenvalue weighted by atomic mass is 35.5. The van der Waals surface area contributed by atoms with E-state index >= 15 is 0 Å². The van der Waals surface area contributed by atoms with Gasteiger partial charge in [-0.05, 0) is 37.1 Å². The number of anilines is 1. The zero-order valence-corrected chi connectivity index (χ0v) is 16.1. The second kappa shape index (κ2) is 8.27. The first-order valence-electron chi connectivity index (χ1n) is 9.13. The van der Waals surface area contributed by atoms with Crippen molar-refractivity contribution in [2.45, 2.75) is 12.8 Å². The van der Waals surface area contributed by atoms with Crippen LogP contribution in [0.1, 0.15) is 28.8 Å². The SMILES string of the molecule is O=C(NC1=CC(c2ccccc2Cl)=C=CN=C1)c1ccnc(NC(=O)C2CC2)c1. The summed E-state index contributed by atoms with van der Waals surface area (Å²) in [5, 5.41) is 6.14. The molecule has 2 N–H and O–H groups in total. The number of carbonyl (C=O) groups excluding carboxylic acids is 2. The Kier molecular flexibility index (Phi) is 5.38. The molecular formula is C22H17ClN4O2. The molecule has 1 aliphatic carbocycles. The molecule has 1 aromatic carbocycles. The van der Waals surface area contributed by atoms with Gasteiger partial charge in [0, 0.05) is 33.8 Å². The largest absolute Gasteiger partial charge is 0.321 e. The maximum Gasteiger partial charge on any atom is 0.255 e. The fourth-order valence-electron chi connectivity index (χ4n) is 2.78. The van der Waals surface area contributed by atoms with Crippen molar-refractivity contribution in [3.63, 3.8) is 0 Å². The first kappa shape index (κ1) is 18.9. The van der Waals surface area contributed by atoms with Crippen molar-refractivity contribution in [2.24, 2.45) is 10.9 Å². The predicted octanol–water partition coefficient (Wildman–Crippen LogP) is 3.98. The molecule has 0 atom stereocenters. The Bertz CT molecular complexity index is 1110. The van der Waals surface area contributed by atoms with Gasteiger partial charge in [0.15, 0.2) is 0 Å². The number of aromatic nitrogens is 1. The van der Waals surface area contributed by atoms with Crippen LogP contribution in [0.2, 0.25) is 5.02 Å². The highest BCUT2D eigenvalue weighted by molar-refractivity contribution is 6.32. The molecule has 4 rings (SSSR count). The van der Waals surface area contributed by atoms with Gasteiger partial charge in [0.25, 0.3) is 5.91 Å².